The zero-order valence-corrected chi connectivity index (χ0v) is 12.6. The Hall–Kier alpha value is -3.08. The molecule has 0 fully saturated rings. The number of hydrogen-bond donors (Lipinski definition) is 3. The molecule has 2 aromatic heterocycles. The molecular weight excluding hydrogens is 288 g/mol. The highest BCUT2D eigenvalue weighted by atomic mass is 16.1. The van der Waals surface area contributed by atoms with Crippen LogP contribution in [0.4, 0.5) is 0 Å². The number of amides is 1. The summed E-state index contributed by atoms with van der Waals surface area (Å²) in [4.78, 5) is 23.0. The van der Waals surface area contributed by atoms with Gasteiger partial charge in [-0.1, -0.05) is 12.1 Å². The summed E-state index contributed by atoms with van der Waals surface area (Å²) in [5.41, 5.74) is 4.57. The SMILES string of the molecule is CC(NC(=O)c1cccc2[nH]ccc12)c1ccc2nc[nH]c2c1. The summed E-state index contributed by atoms with van der Waals surface area (Å²) in [7, 11) is 0. The lowest BCUT2D eigenvalue weighted by molar-refractivity contribution is 0.0941. The normalized spacial score (nSPS) is 12.6. The molecule has 0 spiro atoms. The van der Waals surface area contributed by atoms with Gasteiger partial charge >= 0.3 is 0 Å². The topological polar surface area (TPSA) is 73.6 Å². The highest BCUT2D eigenvalue weighted by Crippen LogP contribution is 2.21. The van der Waals surface area contributed by atoms with Gasteiger partial charge in [-0.15, -0.1) is 0 Å². The van der Waals surface area contributed by atoms with Crippen LogP contribution in [-0.2, 0) is 0 Å². The highest BCUT2D eigenvalue weighted by Gasteiger charge is 2.14. The van der Waals surface area contributed by atoms with E-state index in [-0.39, 0.29) is 11.9 Å². The molecule has 5 heteroatoms. The molecule has 114 valence electrons. The van der Waals surface area contributed by atoms with Crippen molar-refractivity contribution in [1.82, 2.24) is 20.3 Å². The Labute approximate surface area is 132 Å². The maximum atomic E-state index is 12.6. The van der Waals surface area contributed by atoms with E-state index in [1.54, 1.807) is 6.33 Å². The first-order chi connectivity index (χ1) is 11.2. The molecule has 4 rings (SSSR count). The van der Waals surface area contributed by atoms with Crippen molar-refractivity contribution < 1.29 is 4.79 Å². The predicted octanol–water partition coefficient (Wildman–Crippen LogP) is 3.54. The maximum Gasteiger partial charge on any atom is 0.252 e. The molecule has 5 nitrogen and oxygen atoms in total. The van der Waals surface area contributed by atoms with Gasteiger partial charge in [-0.3, -0.25) is 4.79 Å². The number of aromatic nitrogens is 3. The first-order valence-electron chi connectivity index (χ1n) is 7.52. The minimum atomic E-state index is -0.0932. The number of benzene rings is 2. The fraction of sp³-hybridized carbons (Fsp3) is 0.111. The van der Waals surface area contributed by atoms with Crippen molar-refractivity contribution in [2.45, 2.75) is 13.0 Å². The van der Waals surface area contributed by atoms with Crippen LogP contribution in [0.1, 0.15) is 28.9 Å². The van der Waals surface area contributed by atoms with Gasteiger partial charge in [0, 0.05) is 22.7 Å². The molecule has 0 radical (unpaired) electrons. The molecule has 2 heterocycles. The number of imidazole rings is 1. The van der Waals surface area contributed by atoms with Gasteiger partial charge in [0.1, 0.15) is 0 Å². The first kappa shape index (κ1) is 13.6. The van der Waals surface area contributed by atoms with Crippen LogP contribution in [0.5, 0.6) is 0 Å². The lowest BCUT2D eigenvalue weighted by atomic mass is 10.1. The highest BCUT2D eigenvalue weighted by molar-refractivity contribution is 6.06. The number of carbonyl (C=O) groups excluding carboxylic acids is 1. The summed E-state index contributed by atoms with van der Waals surface area (Å²) in [6.07, 6.45) is 3.52. The van der Waals surface area contributed by atoms with E-state index in [0.29, 0.717) is 5.56 Å². The zero-order chi connectivity index (χ0) is 15.8. The average molecular weight is 304 g/mol. The van der Waals surface area contributed by atoms with Crippen LogP contribution in [0, 0.1) is 0 Å². The zero-order valence-electron chi connectivity index (χ0n) is 12.6. The number of H-pyrrole nitrogens is 2. The molecule has 0 aliphatic carbocycles. The van der Waals surface area contributed by atoms with Crippen molar-refractivity contribution in [3.8, 4) is 0 Å². The van der Waals surface area contributed by atoms with Crippen molar-refractivity contribution >= 4 is 27.8 Å². The summed E-state index contributed by atoms with van der Waals surface area (Å²) in [5.74, 6) is -0.0765. The first-order valence-corrected chi connectivity index (χ1v) is 7.52. The second-order valence-electron chi connectivity index (χ2n) is 5.62. The van der Waals surface area contributed by atoms with Crippen molar-refractivity contribution in [2.24, 2.45) is 0 Å². The molecule has 2 aromatic carbocycles. The van der Waals surface area contributed by atoms with Gasteiger partial charge in [0.2, 0.25) is 0 Å². The van der Waals surface area contributed by atoms with Crippen LogP contribution >= 0.6 is 0 Å². The second kappa shape index (κ2) is 5.28. The molecule has 0 aliphatic rings. The third-order valence-electron chi connectivity index (χ3n) is 4.13. The van der Waals surface area contributed by atoms with Crippen LogP contribution in [0.25, 0.3) is 21.9 Å². The fourth-order valence-electron chi connectivity index (χ4n) is 2.86. The summed E-state index contributed by atoms with van der Waals surface area (Å²) >= 11 is 0. The summed E-state index contributed by atoms with van der Waals surface area (Å²) in [5, 5.41) is 4.00. The van der Waals surface area contributed by atoms with Crippen LogP contribution in [0.3, 0.4) is 0 Å². The van der Waals surface area contributed by atoms with Crippen LogP contribution in [0.2, 0.25) is 0 Å². The Bertz CT molecular complexity index is 998. The third kappa shape index (κ3) is 2.36. The molecule has 0 bridgehead atoms. The Balaban J connectivity index is 1.61. The van der Waals surface area contributed by atoms with E-state index in [1.807, 2.05) is 55.6 Å². The lowest BCUT2D eigenvalue weighted by Gasteiger charge is -2.15. The number of fused-ring (bicyclic) bond motifs is 2. The van der Waals surface area contributed by atoms with E-state index in [0.717, 1.165) is 27.5 Å². The van der Waals surface area contributed by atoms with Gasteiger partial charge in [-0.05, 0) is 42.8 Å². The van der Waals surface area contributed by atoms with Crippen molar-refractivity contribution in [3.63, 3.8) is 0 Å². The summed E-state index contributed by atoms with van der Waals surface area (Å²) < 4.78 is 0. The van der Waals surface area contributed by atoms with E-state index < -0.39 is 0 Å². The summed E-state index contributed by atoms with van der Waals surface area (Å²) in [6.45, 7) is 1.98. The molecule has 1 unspecified atom stereocenters. The molecule has 1 atom stereocenters. The monoisotopic (exact) mass is 304 g/mol. The summed E-state index contributed by atoms with van der Waals surface area (Å²) in [6, 6.07) is 13.5. The molecule has 0 saturated heterocycles. The van der Waals surface area contributed by atoms with E-state index in [4.69, 9.17) is 0 Å². The minimum absolute atomic E-state index is 0.0765. The van der Waals surface area contributed by atoms with Crippen LogP contribution in [0.15, 0.2) is 55.0 Å². The van der Waals surface area contributed by atoms with E-state index >= 15 is 0 Å². The quantitative estimate of drug-likeness (QED) is 0.541. The average Bonchev–Trinajstić information content (AvgIpc) is 3.22. The van der Waals surface area contributed by atoms with E-state index in [1.165, 1.54) is 0 Å². The third-order valence-corrected chi connectivity index (χ3v) is 4.13. The molecule has 0 aliphatic heterocycles. The van der Waals surface area contributed by atoms with Gasteiger partial charge in [0.25, 0.3) is 5.91 Å². The molecule has 4 aromatic rings. The van der Waals surface area contributed by atoms with Crippen LogP contribution < -0.4 is 5.32 Å². The van der Waals surface area contributed by atoms with E-state index in [2.05, 4.69) is 20.3 Å². The van der Waals surface area contributed by atoms with Gasteiger partial charge in [0.05, 0.1) is 23.4 Å². The number of carbonyl (C=O) groups is 1. The Kier molecular flexibility index (Phi) is 3.12. The van der Waals surface area contributed by atoms with E-state index in [9.17, 15) is 4.79 Å². The second-order valence-corrected chi connectivity index (χ2v) is 5.62. The van der Waals surface area contributed by atoms with Gasteiger partial charge in [0.15, 0.2) is 0 Å². The number of nitrogens with zero attached hydrogens (tertiary/aromatic N) is 1. The smallest absolute Gasteiger partial charge is 0.252 e. The Morgan fingerprint density at radius 2 is 2.04 bits per heavy atom. The molecular formula is C18H16N4O. The van der Waals surface area contributed by atoms with Crippen molar-refractivity contribution in [1.29, 1.82) is 0 Å². The molecule has 3 N–H and O–H groups in total. The van der Waals surface area contributed by atoms with Crippen LogP contribution in [-0.4, -0.2) is 20.9 Å². The largest absolute Gasteiger partial charge is 0.361 e. The standard InChI is InChI=1S/C18H16N4O/c1-11(12-5-6-16-17(9-12)21-10-20-16)22-18(23)14-3-2-4-15-13(14)7-8-19-15/h2-11,19H,1H3,(H,20,21)(H,22,23). The molecule has 23 heavy (non-hydrogen) atoms. The number of aromatic amines is 2. The molecule has 1 amide bonds. The van der Waals surface area contributed by atoms with Crippen molar-refractivity contribution in [2.75, 3.05) is 0 Å². The maximum absolute atomic E-state index is 12.6. The van der Waals surface area contributed by atoms with Gasteiger partial charge in [-0.25, -0.2) is 4.98 Å². The number of hydrogen-bond acceptors (Lipinski definition) is 2. The number of nitrogens with one attached hydrogen (secondary N) is 3. The number of rotatable bonds is 3. The lowest BCUT2D eigenvalue weighted by Crippen LogP contribution is -2.26. The van der Waals surface area contributed by atoms with Crippen molar-refractivity contribution in [3.05, 3.63) is 66.1 Å². The van der Waals surface area contributed by atoms with Gasteiger partial charge < -0.3 is 15.3 Å². The molecule has 0 saturated carbocycles. The fourth-order valence-corrected chi connectivity index (χ4v) is 2.86. The van der Waals surface area contributed by atoms with Gasteiger partial charge in [-0.2, -0.15) is 0 Å². The minimum Gasteiger partial charge on any atom is -0.361 e. The predicted molar refractivity (Wildman–Crippen MR) is 90.3 cm³/mol. The Morgan fingerprint density at radius 1 is 1.13 bits per heavy atom. The Morgan fingerprint density at radius 3 is 2.96 bits per heavy atom.